The molecule has 1 aromatic rings. The molecule has 3 heteroatoms. The van der Waals surface area contributed by atoms with Crippen molar-refractivity contribution in [1.82, 2.24) is 5.32 Å². The zero-order valence-corrected chi connectivity index (χ0v) is 10.7. The van der Waals surface area contributed by atoms with Gasteiger partial charge in [0.15, 0.2) is 0 Å². The van der Waals surface area contributed by atoms with Crippen LogP contribution in [0.2, 0.25) is 0 Å². The average molecular weight is 227 g/mol. The second-order valence-corrected chi connectivity index (χ2v) is 4.79. The maximum Gasteiger partial charge on any atom is 0.0661 e. The summed E-state index contributed by atoms with van der Waals surface area (Å²) in [4.78, 5) is 1.36. The first-order valence-corrected chi connectivity index (χ1v) is 6.52. The minimum Gasteiger partial charge on any atom is -0.379 e. The topological polar surface area (TPSA) is 21.3 Å². The second kappa shape index (κ2) is 6.99. The van der Waals surface area contributed by atoms with Crippen LogP contribution in [0.15, 0.2) is 11.4 Å². The molecule has 0 saturated carbocycles. The van der Waals surface area contributed by atoms with Crippen molar-refractivity contribution < 1.29 is 4.74 Å². The highest BCUT2D eigenvalue weighted by Crippen LogP contribution is 2.20. The van der Waals surface area contributed by atoms with Crippen LogP contribution in [-0.4, -0.2) is 19.8 Å². The second-order valence-electron chi connectivity index (χ2n) is 3.68. The fourth-order valence-corrected chi connectivity index (χ4v) is 2.27. The van der Waals surface area contributed by atoms with Gasteiger partial charge in [0.2, 0.25) is 0 Å². The van der Waals surface area contributed by atoms with Crippen LogP contribution in [0.4, 0.5) is 0 Å². The molecule has 0 bridgehead atoms. The Morgan fingerprint density at radius 2 is 2.27 bits per heavy atom. The van der Waals surface area contributed by atoms with Crippen LogP contribution in [0.3, 0.4) is 0 Å². The number of hydrogen-bond donors (Lipinski definition) is 1. The summed E-state index contributed by atoms with van der Waals surface area (Å²) in [6.07, 6.45) is 1.08. The van der Waals surface area contributed by atoms with Crippen LogP contribution in [0.25, 0.3) is 0 Å². The molecule has 0 saturated heterocycles. The quantitative estimate of drug-likeness (QED) is 0.723. The van der Waals surface area contributed by atoms with Crippen molar-refractivity contribution in [3.63, 3.8) is 0 Å². The van der Waals surface area contributed by atoms with Gasteiger partial charge in [-0.3, -0.25) is 0 Å². The van der Waals surface area contributed by atoms with Crippen LogP contribution >= 0.6 is 11.3 Å². The molecule has 0 aromatic carbocycles. The summed E-state index contributed by atoms with van der Waals surface area (Å²) < 4.78 is 5.60. The Balaban J connectivity index is 2.49. The van der Waals surface area contributed by atoms with Gasteiger partial charge in [-0.2, -0.15) is 0 Å². The largest absolute Gasteiger partial charge is 0.379 e. The van der Waals surface area contributed by atoms with Gasteiger partial charge in [0.05, 0.1) is 12.6 Å². The van der Waals surface area contributed by atoms with Crippen LogP contribution in [-0.2, 0) is 4.74 Å². The van der Waals surface area contributed by atoms with E-state index in [0.29, 0.717) is 6.04 Å². The fourth-order valence-electron chi connectivity index (χ4n) is 1.51. The third-order valence-electron chi connectivity index (χ3n) is 2.24. The molecule has 1 aromatic heterocycles. The van der Waals surface area contributed by atoms with Gasteiger partial charge in [-0.25, -0.2) is 0 Å². The van der Waals surface area contributed by atoms with Gasteiger partial charge in [-0.15, -0.1) is 11.3 Å². The number of ether oxygens (including phenoxy) is 1. The molecule has 0 aliphatic carbocycles. The molecule has 1 rings (SSSR count). The summed E-state index contributed by atoms with van der Waals surface area (Å²) >= 11 is 1.80. The molecule has 0 aliphatic rings. The minimum absolute atomic E-state index is 0.353. The Morgan fingerprint density at radius 1 is 1.47 bits per heavy atom. The maximum absolute atomic E-state index is 5.60. The number of nitrogens with one attached hydrogen (secondary N) is 1. The van der Waals surface area contributed by atoms with E-state index in [1.807, 2.05) is 0 Å². The normalized spacial score (nSPS) is 13.0. The molecule has 0 spiro atoms. The zero-order chi connectivity index (χ0) is 11.1. The Labute approximate surface area is 96.7 Å². The predicted molar refractivity (Wildman–Crippen MR) is 66.6 cm³/mol. The van der Waals surface area contributed by atoms with E-state index < -0.39 is 0 Å². The van der Waals surface area contributed by atoms with Crippen LogP contribution < -0.4 is 5.32 Å². The number of hydrogen-bond acceptors (Lipinski definition) is 3. The lowest BCUT2D eigenvalue weighted by atomic mass is 10.1. The van der Waals surface area contributed by atoms with Crippen LogP contribution in [0.5, 0.6) is 0 Å². The Kier molecular flexibility index (Phi) is 5.91. The molecular formula is C12H21NOS. The van der Waals surface area contributed by atoms with Gasteiger partial charge in [-0.05, 0) is 36.9 Å². The number of likely N-dealkylation sites (N-methyl/N-ethyl adjacent to an activating group) is 1. The smallest absolute Gasteiger partial charge is 0.0661 e. The first-order chi connectivity index (χ1) is 7.27. The monoisotopic (exact) mass is 227 g/mol. The first-order valence-electron chi connectivity index (χ1n) is 5.64. The van der Waals surface area contributed by atoms with Crippen molar-refractivity contribution in [2.75, 3.05) is 19.8 Å². The number of aryl methyl sites for hydroxylation is 1. The predicted octanol–water partition coefficient (Wildman–Crippen LogP) is 3.13. The molecular weight excluding hydrogens is 206 g/mol. The van der Waals surface area contributed by atoms with Gasteiger partial charge < -0.3 is 10.1 Å². The summed E-state index contributed by atoms with van der Waals surface area (Å²) in [5, 5.41) is 5.67. The molecule has 15 heavy (non-hydrogen) atoms. The van der Waals surface area contributed by atoms with Gasteiger partial charge in [0, 0.05) is 11.5 Å². The third kappa shape index (κ3) is 4.33. The van der Waals surface area contributed by atoms with Crippen molar-refractivity contribution in [1.29, 1.82) is 0 Å². The van der Waals surface area contributed by atoms with E-state index in [9.17, 15) is 0 Å². The summed E-state index contributed by atoms with van der Waals surface area (Å²) in [7, 11) is 0. The molecule has 2 nitrogen and oxygen atoms in total. The standard InChI is InChI=1S/C12H21NOS/c1-4-6-14-8-12(13-5-2)11-7-10(3)15-9-11/h7,9,12-13H,4-6,8H2,1-3H3. The van der Waals surface area contributed by atoms with E-state index in [-0.39, 0.29) is 0 Å². The zero-order valence-electron chi connectivity index (χ0n) is 9.88. The molecule has 86 valence electrons. The van der Waals surface area contributed by atoms with Gasteiger partial charge in [-0.1, -0.05) is 13.8 Å². The Hall–Kier alpha value is -0.380. The van der Waals surface area contributed by atoms with Crippen molar-refractivity contribution >= 4 is 11.3 Å². The highest BCUT2D eigenvalue weighted by Gasteiger charge is 2.11. The molecule has 1 atom stereocenters. The van der Waals surface area contributed by atoms with Crippen LogP contribution in [0, 0.1) is 6.92 Å². The third-order valence-corrected chi connectivity index (χ3v) is 3.12. The summed E-state index contributed by atoms with van der Waals surface area (Å²) in [5.41, 5.74) is 1.36. The fraction of sp³-hybridized carbons (Fsp3) is 0.667. The minimum atomic E-state index is 0.353. The number of thiophene rings is 1. The Bertz CT molecular complexity index is 272. The molecule has 1 unspecified atom stereocenters. The van der Waals surface area contributed by atoms with Gasteiger partial charge >= 0.3 is 0 Å². The lowest BCUT2D eigenvalue weighted by Gasteiger charge is -2.16. The molecule has 0 aliphatic heterocycles. The molecule has 0 amide bonds. The Morgan fingerprint density at radius 3 is 2.80 bits per heavy atom. The lowest BCUT2D eigenvalue weighted by molar-refractivity contribution is 0.112. The molecule has 0 fully saturated rings. The average Bonchev–Trinajstić information content (AvgIpc) is 2.64. The summed E-state index contributed by atoms with van der Waals surface area (Å²) in [6.45, 7) is 9.02. The summed E-state index contributed by atoms with van der Waals surface area (Å²) in [5.74, 6) is 0. The van der Waals surface area contributed by atoms with Crippen molar-refractivity contribution in [3.05, 3.63) is 21.9 Å². The van der Waals surface area contributed by atoms with Gasteiger partial charge in [0.25, 0.3) is 0 Å². The van der Waals surface area contributed by atoms with E-state index in [2.05, 4.69) is 37.5 Å². The lowest BCUT2D eigenvalue weighted by Crippen LogP contribution is -2.25. The van der Waals surface area contributed by atoms with Crippen LogP contribution in [0.1, 0.15) is 36.8 Å². The number of rotatable bonds is 7. The molecule has 0 radical (unpaired) electrons. The van der Waals surface area contributed by atoms with E-state index in [1.54, 1.807) is 11.3 Å². The van der Waals surface area contributed by atoms with E-state index in [1.165, 1.54) is 10.4 Å². The SMILES string of the molecule is CCCOCC(NCC)c1csc(C)c1. The highest BCUT2D eigenvalue weighted by molar-refractivity contribution is 7.10. The van der Waals surface area contributed by atoms with Crippen molar-refractivity contribution in [2.45, 2.75) is 33.2 Å². The molecule has 1 heterocycles. The molecule has 1 N–H and O–H groups in total. The van der Waals surface area contributed by atoms with E-state index >= 15 is 0 Å². The van der Waals surface area contributed by atoms with E-state index in [4.69, 9.17) is 4.74 Å². The van der Waals surface area contributed by atoms with Gasteiger partial charge in [0.1, 0.15) is 0 Å². The van der Waals surface area contributed by atoms with Crippen molar-refractivity contribution in [2.24, 2.45) is 0 Å². The highest BCUT2D eigenvalue weighted by atomic mass is 32.1. The van der Waals surface area contributed by atoms with E-state index in [0.717, 1.165) is 26.2 Å². The summed E-state index contributed by atoms with van der Waals surface area (Å²) in [6, 6.07) is 2.60. The van der Waals surface area contributed by atoms with Crippen molar-refractivity contribution in [3.8, 4) is 0 Å². The first kappa shape index (κ1) is 12.7. The maximum atomic E-state index is 5.60.